The number of nitrogens with zero attached hydrogens (tertiary/aromatic N) is 1. The molecule has 0 bridgehead atoms. The minimum Gasteiger partial charge on any atom is -0.481 e. The van der Waals surface area contributed by atoms with Gasteiger partial charge in [-0.2, -0.15) is 0 Å². The van der Waals surface area contributed by atoms with Crippen molar-refractivity contribution in [3.8, 4) is 0 Å². The van der Waals surface area contributed by atoms with E-state index in [0.717, 1.165) is 0 Å². The highest BCUT2D eigenvalue weighted by Crippen LogP contribution is 2.19. The number of halogens is 2. The Labute approximate surface area is 144 Å². The molecule has 7 nitrogen and oxygen atoms in total. The van der Waals surface area contributed by atoms with Crippen molar-refractivity contribution in [3.63, 3.8) is 0 Å². The molecular formula is C15H19ClFN3O4. The summed E-state index contributed by atoms with van der Waals surface area (Å²) < 4.78 is 13.4. The summed E-state index contributed by atoms with van der Waals surface area (Å²) in [6, 6.07) is 4.13. The summed E-state index contributed by atoms with van der Waals surface area (Å²) in [4.78, 5) is 36.4. The number of nitrogens with one attached hydrogen (secondary N) is 2. The van der Waals surface area contributed by atoms with E-state index in [4.69, 9.17) is 5.11 Å². The van der Waals surface area contributed by atoms with Crippen molar-refractivity contribution in [2.45, 2.75) is 19.4 Å². The van der Waals surface area contributed by atoms with Crippen molar-refractivity contribution in [1.29, 1.82) is 0 Å². The minimum atomic E-state index is -0.891. The number of para-hydroxylation sites is 1. The standard InChI is InChI=1S/C15H18FN3O4.ClH/c1-9(19-7-6-10(8-19)14(21)22)13(20)18-15(23)17-12-5-3-2-4-11(12)16;/h2-5,9-10H,6-8H2,1H3,(H,21,22)(H2,17,18,20,23);1H. The van der Waals surface area contributed by atoms with E-state index in [9.17, 15) is 18.8 Å². The number of hydrogen-bond donors (Lipinski definition) is 3. The van der Waals surface area contributed by atoms with Gasteiger partial charge >= 0.3 is 12.0 Å². The Morgan fingerprint density at radius 3 is 2.58 bits per heavy atom. The van der Waals surface area contributed by atoms with Crippen LogP contribution in [0.15, 0.2) is 24.3 Å². The zero-order chi connectivity index (χ0) is 17.0. The molecule has 1 fully saturated rings. The van der Waals surface area contributed by atoms with Crippen molar-refractivity contribution in [3.05, 3.63) is 30.1 Å². The third-order valence-corrected chi connectivity index (χ3v) is 3.85. The number of anilines is 1. The second-order valence-electron chi connectivity index (χ2n) is 5.42. The number of likely N-dealkylation sites (tertiary alicyclic amines) is 1. The maximum atomic E-state index is 13.4. The predicted octanol–water partition coefficient (Wildman–Crippen LogP) is 1.69. The lowest BCUT2D eigenvalue weighted by molar-refractivity contribution is -0.141. The molecule has 9 heteroatoms. The van der Waals surface area contributed by atoms with Crippen molar-refractivity contribution >= 4 is 36.0 Å². The third kappa shape index (κ3) is 4.90. The molecule has 1 aliphatic rings. The van der Waals surface area contributed by atoms with E-state index in [0.29, 0.717) is 13.0 Å². The number of carboxylic acid groups (broad SMARTS) is 1. The summed E-state index contributed by atoms with van der Waals surface area (Å²) in [5.74, 6) is -2.56. The molecule has 0 radical (unpaired) electrons. The number of carboxylic acids is 1. The van der Waals surface area contributed by atoms with Gasteiger partial charge in [0, 0.05) is 6.54 Å². The molecule has 3 amide bonds. The van der Waals surface area contributed by atoms with Crippen LogP contribution < -0.4 is 10.6 Å². The highest BCUT2D eigenvalue weighted by atomic mass is 35.5. The van der Waals surface area contributed by atoms with Crippen LogP contribution in [0, 0.1) is 11.7 Å². The van der Waals surface area contributed by atoms with Crippen LogP contribution in [0.2, 0.25) is 0 Å². The Hall–Kier alpha value is -2.19. The van der Waals surface area contributed by atoms with Crippen LogP contribution in [-0.4, -0.2) is 47.0 Å². The van der Waals surface area contributed by atoms with E-state index in [1.54, 1.807) is 17.9 Å². The van der Waals surface area contributed by atoms with Crippen molar-refractivity contribution in [2.75, 3.05) is 18.4 Å². The summed E-state index contributed by atoms with van der Waals surface area (Å²) in [5, 5.41) is 13.3. The lowest BCUT2D eigenvalue weighted by Gasteiger charge is -2.22. The molecule has 2 atom stereocenters. The van der Waals surface area contributed by atoms with Gasteiger partial charge in [-0.3, -0.25) is 19.8 Å². The van der Waals surface area contributed by atoms with Gasteiger partial charge in [0.1, 0.15) is 5.82 Å². The van der Waals surface area contributed by atoms with Gasteiger partial charge in [-0.1, -0.05) is 12.1 Å². The minimum absolute atomic E-state index is 0. The zero-order valence-corrected chi connectivity index (χ0v) is 13.8. The Morgan fingerprint density at radius 1 is 1.33 bits per heavy atom. The third-order valence-electron chi connectivity index (χ3n) is 3.85. The Kier molecular flexibility index (Phi) is 7.12. The van der Waals surface area contributed by atoms with E-state index >= 15 is 0 Å². The van der Waals surface area contributed by atoms with Gasteiger partial charge in [0.15, 0.2) is 0 Å². The summed E-state index contributed by atoms with van der Waals surface area (Å²) in [7, 11) is 0. The molecule has 0 saturated carbocycles. The van der Waals surface area contributed by atoms with E-state index in [-0.39, 0.29) is 24.6 Å². The molecule has 2 unspecified atom stereocenters. The number of carbonyl (C=O) groups is 3. The second-order valence-corrected chi connectivity index (χ2v) is 5.42. The van der Waals surface area contributed by atoms with E-state index in [1.807, 2.05) is 0 Å². The Bertz CT molecular complexity index is 628. The predicted molar refractivity (Wildman–Crippen MR) is 87.6 cm³/mol. The highest BCUT2D eigenvalue weighted by Gasteiger charge is 2.33. The average Bonchev–Trinajstić information content (AvgIpc) is 2.98. The molecule has 1 heterocycles. The molecule has 0 aliphatic carbocycles. The second kappa shape index (κ2) is 8.60. The van der Waals surface area contributed by atoms with Crippen LogP contribution in [0.4, 0.5) is 14.9 Å². The highest BCUT2D eigenvalue weighted by molar-refractivity contribution is 6.02. The molecule has 24 heavy (non-hydrogen) atoms. The number of aliphatic carboxylic acids is 1. The lowest BCUT2D eigenvalue weighted by atomic mass is 10.1. The molecular weight excluding hydrogens is 341 g/mol. The number of benzene rings is 1. The molecule has 2 rings (SSSR count). The van der Waals surface area contributed by atoms with Crippen LogP contribution in [0.1, 0.15) is 13.3 Å². The first-order valence-corrected chi connectivity index (χ1v) is 7.21. The van der Waals surface area contributed by atoms with Crippen LogP contribution in [0.5, 0.6) is 0 Å². The van der Waals surface area contributed by atoms with Gasteiger partial charge in [-0.05, 0) is 32.0 Å². The first-order chi connectivity index (χ1) is 10.9. The van der Waals surface area contributed by atoms with E-state index in [2.05, 4.69) is 10.6 Å². The number of hydrogen-bond acceptors (Lipinski definition) is 4. The SMILES string of the molecule is CC(C(=O)NC(=O)Nc1ccccc1F)N1CCC(C(=O)O)C1.Cl. The maximum absolute atomic E-state index is 13.4. The fourth-order valence-corrected chi connectivity index (χ4v) is 2.44. The molecule has 132 valence electrons. The van der Waals surface area contributed by atoms with Crippen molar-refractivity contribution in [2.24, 2.45) is 5.92 Å². The summed E-state index contributed by atoms with van der Waals surface area (Å²) in [6.07, 6.45) is 0.467. The molecule has 1 saturated heterocycles. The van der Waals surface area contributed by atoms with Gasteiger partial charge in [0.25, 0.3) is 0 Å². The van der Waals surface area contributed by atoms with Gasteiger partial charge in [0.05, 0.1) is 17.6 Å². The number of rotatable bonds is 4. The van der Waals surface area contributed by atoms with Crippen LogP contribution in [0.25, 0.3) is 0 Å². The number of urea groups is 1. The summed E-state index contributed by atoms with van der Waals surface area (Å²) >= 11 is 0. The van der Waals surface area contributed by atoms with Crippen LogP contribution in [-0.2, 0) is 9.59 Å². The normalized spacial score (nSPS) is 18.3. The van der Waals surface area contributed by atoms with Gasteiger partial charge in [0.2, 0.25) is 5.91 Å². The first kappa shape index (κ1) is 19.9. The molecule has 1 aromatic rings. The lowest BCUT2D eigenvalue weighted by Crippen LogP contribution is -2.47. The van der Waals surface area contributed by atoms with Crippen LogP contribution in [0.3, 0.4) is 0 Å². The quantitative estimate of drug-likeness (QED) is 0.759. The first-order valence-electron chi connectivity index (χ1n) is 7.21. The smallest absolute Gasteiger partial charge is 0.326 e. The van der Waals surface area contributed by atoms with Crippen molar-refractivity contribution < 1.29 is 23.9 Å². The maximum Gasteiger partial charge on any atom is 0.326 e. The monoisotopic (exact) mass is 359 g/mol. The molecule has 1 aliphatic heterocycles. The van der Waals surface area contributed by atoms with E-state index in [1.165, 1.54) is 18.2 Å². The Morgan fingerprint density at radius 2 is 2.00 bits per heavy atom. The molecule has 0 spiro atoms. The average molecular weight is 360 g/mol. The fourth-order valence-electron chi connectivity index (χ4n) is 2.44. The van der Waals surface area contributed by atoms with Crippen molar-refractivity contribution in [1.82, 2.24) is 10.2 Å². The molecule has 1 aromatic carbocycles. The summed E-state index contributed by atoms with van der Waals surface area (Å²) in [5.41, 5.74) is -0.0300. The number of imide groups is 1. The molecule has 0 aromatic heterocycles. The number of carbonyl (C=O) groups excluding carboxylic acids is 2. The number of amides is 3. The van der Waals surface area contributed by atoms with E-state index < -0.39 is 35.7 Å². The summed E-state index contributed by atoms with van der Waals surface area (Å²) in [6.45, 7) is 2.33. The Balaban J connectivity index is 0.00000288. The van der Waals surface area contributed by atoms with Gasteiger partial charge in [-0.15, -0.1) is 12.4 Å². The van der Waals surface area contributed by atoms with Crippen LogP contribution >= 0.6 is 12.4 Å². The fraction of sp³-hybridized carbons (Fsp3) is 0.400. The van der Waals surface area contributed by atoms with Gasteiger partial charge in [-0.25, -0.2) is 9.18 Å². The zero-order valence-electron chi connectivity index (χ0n) is 13.0. The molecule has 3 N–H and O–H groups in total. The topological polar surface area (TPSA) is 98.7 Å². The largest absolute Gasteiger partial charge is 0.481 e. The van der Waals surface area contributed by atoms with Gasteiger partial charge < -0.3 is 10.4 Å².